The molecule has 1 amide bonds. The van der Waals surface area contributed by atoms with Crippen molar-refractivity contribution in [2.24, 2.45) is 0 Å². The van der Waals surface area contributed by atoms with Crippen LogP contribution in [0.5, 0.6) is 0 Å². The molecular formula is C15H13Cl2NO5. The summed E-state index contributed by atoms with van der Waals surface area (Å²) in [5.41, 5.74) is -1.22. The van der Waals surface area contributed by atoms with Crippen molar-refractivity contribution in [3.8, 4) is 0 Å². The largest absolute Gasteiger partial charge is 0.456 e. The standard InChI is InChI=1S/C15H13Cl2NO5/c1-7(19)18-14-12(22-8(2)20)13(21)15(3,23-14)10-5-4-9(16)6-11(10)17/h4-6H,1-3H3,(H,18,19). The smallest absolute Gasteiger partial charge is 0.308 e. The number of ketones is 1. The van der Waals surface area contributed by atoms with E-state index in [1.807, 2.05) is 0 Å². The molecule has 1 aliphatic heterocycles. The number of amides is 1. The molecule has 122 valence electrons. The van der Waals surface area contributed by atoms with Crippen molar-refractivity contribution in [1.29, 1.82) is 0 Å². The van der Waals surface area contributed by atoms with Crippen LogP contribution in [0.15, 0.2) is 29.8 Å². The maximum absolute atomic E-state index is 12.7. The van der Waals surface area contributed by atoms with Gasteiger partial charge in [0.1, 0.15) is 0 Å². The molecule has 0 radical (unpaired) electrons. The van der Waals surface area contributed by atoms with Crippen LogP contribution < -0.4 is 5.32 Å². The Hall–Kier alpha value is -2.05. The molecule has 0 saturated carbocycles. The van der Waals surface area contributed by atoms with Crippen molar-refractivity contribution in [3.05, 3.63) is 45.5 Å². The van der Waals surface area contributed by atoms with E-state index in [2.05, 4.69) is 5.32 Å². The summed E-state index contributed by atoms with van der Waals surface area (Å²) >= 11 is 12.0. The second-order valence-electron chi connectivity index (χ2n) is 5.02. The number of halogens is 2. The van der Waals surface area contributed by atoms with E-state index >= 15 is 0 Å². The monoisotopic (exact) mass is 357 g/mol. The molecule has 8 heteroatoms. The van der Waals surface area contributed by atoms with E-state index in [9.17, 15) is 14.4 Å². The number of ether oxygens (including phenoxy) is 2. The van der Waals surface area contributed by atoms with Gasteiger partial charge < -0.3 is 9.47 Å². The zero-order valence-corrected chi connectivity index (χ0v) is 14.0. The summed E-state index contributed by atoms with van der Waals surface area (Å²) in [4.78, 5) is 35.2. The van der Waals surface area contributed by atoms with Crippen LogP contribution in [-0.4, -0.2) is 17.7 Å². The summed E-state index contributed by atoms with van der Waals surface area (Å²) in [5.74, 6) is -2.44. The lowest BCUT2D eigenvalue weighted by molar-refractivity contribution is -0.142. The highest BCUT2D eigenvalue weighted by Crippen LogP contribution is 2.41. The maximum atomic E-state index is 12.7. The van der Waals surface area contributed by atoms with E-state index < -0.39 is 23.3 Å². The zero-order chi connectivity index (χ0) is 17.4. The minimum Gasteiger partial charge on any atom is -0.456 e. The van der Waals surface area contributed by atoms with Crippen LogP contribution in [0.25, 0.3) is 0 Å². The summed E-state index contributed by atoms with van der Waals surface area (Å²) in [6.07, 6.45) is 0. The first-order valence-electron chi connectivity index (χ1n) is 6.54. The summed E-state index contributed by atoms with van der Waals surface area (Å²) in [6, 6.07) is 4.54. The van der Waals surface area contributed by atoms with Gasteiger partial charge in [0.2, 0.25) is 23.2 Å². The minimum absolute atomic E-state index is 0.208. The van der Waals surface area contributed by atoms with E-state index in [1.54, 1.807) is 6.07 Å². The Bertz CT molecular complexity index is 743. The van der Waals surface area contributed by atoms with Gasteiger partial charge in [0.15, 0.2) is 0 Å². The molecule has 0 saturated heterocycles. The normalized spacial score (nSPS) is 20.3. The molecular weight excluding hydrogens is 345 g/mol. The van der Waals surface area contributed by atoms with Crippen LogP contribution in [0.3, 0.4) is 0 Å². The number of rotatable bonds is 3. The van der Waals surface area contributed by atoms with Gasteiger partial charge in [-0.1, -0.05) is 29.3 Å². The number of hydrogen-bond acceptors (Lipinski definition) is 5. The van der Waals surface area contributed by atoms with Gasteiger partial charge in [-0.3, -0.25) is 19.7 Å². The van der Waals surface area contributed by atoms with E-state index in [-0.39, 0.29) is 16.7 Å². The number of Topliss-reactive ketones (excluding diaryl/α,β-unsaturated/α-hetero) is 1. The fourth-order valence-electron chi connectivity index (χ4n) is 2.15. The Labute approximate surface area is 142 Å². The van der Waals surface area contributed by atoms with Crippen molar-refractivity contribution in [2.45, 2.75) is 26.4 Å². The first kappa shape index (κ1) is 17.3. The zero-order valence-electron chi connectivity index (χ0n) is 12.5. The summed E-state index contributed by atoms with van der Waals surface area (Å²) in [7, 11) is 0. The minimum atomic E-state index is -1.55. The van der Waals surface area contributed by atoms with Crippen molar-refractivity contribution in [3.63, 3.8) is 0 Å². The molecule has 1 heterocycles. The summed E-state index contributed by atoms with van der Waals surface area (Å²) in [6.45, 7) is 3.83. The van der Waals surface area contributed by atoms with Crippen LogP contribution in [0, 0.1) is 0 Å². The first-order valence-corrected chi connectivity index (χ1v) is 7.30. The first-order chi connectivity index (χ1) is 10.6. The molecule has 2 rings (SSSR count). The third kappa shape index (κ3) is 3.33. The van der Waals surface area contributed by atoms with Gasteiger partial charge in [-0.05, 0) is 19.1 Å². The number of esters is 1. The van der Waals surface area contributed by atoms with Crippen molar-refractivity contribution >= 4 is 40.9 Å². The number of benzene rings is 1. The molecule has 6 nitrogen and oxygen atoms in total. The van der Waals surface area contributed by atoms with Gasteiger partial charge in [-0.2, -0.15) is 0 Å². The van der Waals surface area contributed by atoms with Gasteiger partial charge in [-0.25, -0.2) is 0 Å². The van der Waals surface area contributed by atoms with Gasteiger partial charge in [0.25, 0.3) is 5.78 Å². The lowest BCUT2D eigenvalue weighted by Gasteiger charge is -2.24. The van der Waals surface area contributed by atoms with Gasteiger partial charge >= 0.3 is 5.97 Å². The van der Waals surface area contributed by atoms with E-state index in [4.69, 9.17) is 32.7 Å². The van der Waals surface area contributed by atoms with Crippen LogP contribution in [0.2, 0.25) is 10.0 Å². The third-order valence-electron chi connectivity index (χ3n) is 3.13. The Balaban J connectivity index is 2.49. The number of carbonyl (C=O) groups excluding carboxylic acids is 3. The molecule has 0 fully saturated rings. The SMILES string of the molecule is CC(=O)NC1=C(OC(C)=O)C(=O)C(C)(c2ccc(Cl)cc2Cl)O1. The lowest BCUT2D eigenvalue weighted by Crippen LogP contribution is -2.32. The third-order valence-corrected chi connectivity index (χ3v) is 3.68. The van der Waals surface area contributed by atoms with Crippen LogP contribution >= 0.6 is 23.2 Å². The molecule has 1 unspecified atom stereocenters. The fraction of sp³-hybridized carbons (Fsp3) is 0.267. The van der Waals surface area contributed by atoms with Gasteiger partial charge in [-0.15, -0.1) is 0 Å². The predicted molar refractivity (Wildman–Crippen MR) is 82.5 cm³/mol. The van der Waals surface area contributed by atoms with E-state index in [0.717, 1.165) is 6.92 Å². The molecule has 1 N–H and O–H groups in total. The van der Waals surface area contributed by atoms with Crippen LogP contribution in [0.4, 0.5) is 0 Å². The average molecular weight is 358 g/mol. The van der Waals surface area contributed by atoms with Crippen LogP contribution in [0.1, 0.15) is 26.3 Å². The molecule has 1 aliphatic rings. The second-order valence-corrected chi connectivity index (χ2v) is 5.87. The molecule has 1 aromatic carbocycles. The molecule has 1 aromatic rings. The number of carbonyl (C=O) groups is 3. The molecule has 0 bridgehead atoms. The van der Waals surface area contributed by atoms with Gasteiger partial charge in [0.05, 0.1) is 0 Å². The Morgan fingerprint density at radius 1 is 1.26 bits per heavy atom. The quantitative estimate of drug-likeness (QED) is 0.841. The average Bonchev–Trinajstić information content (AvgIpc) is 2.63. The topological polar surface area (TPSA) is 81.7 Å². The van der Waals surface area contributed by atoms with Crippen molar-refractivity contribution < 1.29 is 23.9 Å². The summed E-state index contributed by atoms with van der Waals surface area (Å²) in [5, 5.41) is 2.93. The Morgan fingerprint density at radius 3 is 2.43 bits per heavy atom. The second kappa shape index (κ2) is 6.22. The molecule has 1 atom stereocenters. The maximum Gasteiger partial charge on any atom is 0.308 e. The Kier molecular flexibility index (Phi) is 4.68. The lowest BCUT2D eigenvalue weighted by atomic mass is 9.91. The Morgan fingerprint density at radius 2 is 1.91 bits per heavy atom. The highest BCUT2D eigenvalue weighted by atomic mass is 35.5. The van der Waals surface area contributed by atoms with E-state index in [0.29, 0.717) is 10.6 Å². The van der Waals surface area contributed by atoms with Gasteiger partial charge in [0, 0.05) is 29.5 Å². The van der Waals surface area contributed by atoms with E-state index in [1.165, 1.54) is 26.0 Å². The van der Waals surface area contributed by atoms with Crippen LogP contribution in [-0.2, 0) is 29.5 Å². The molecule has 23 heavy (non-hydrogen) atoms. The predicted octanol–water partition coefficient (Wildman–Crippen LogP) is 2.68. The number of nitrogens with one attached hydrogen (secondary N) is 1. The highest BCUT2D eigenvalue weighted by molar-refractivity contribution is 6.35. The molecule has 0 aromatic heterocycles. The van der Waals surface area contributed by atoms with Crippen molar-refractivity contribution in [2.75, 3.05) is 0 Å². The molecule has 0 spiro atoms. The number of hydrogen-bond donors (Lipinski definition) is 1. The van der Waals surface area contributed by atoms with Crippen molar-refractivity contribution in [1.82, 2.24) is 5.32 Å². The molecule has 0 aliphatic carbocycles. The fourth-order valence-corrected chi connectivity index (χ4v) is 2.74. The summed E-state index contributed by atoms with van der Waals surface area (Å²) < 4.78 is 10.5. The highest BCUT2D eigenvalue weighted by Gasteiger charge is 2.50.